The van der Waals surface area contributed by atoms with E-state index in [1.807, 2.05) is 0 Å². The van der Waals surface area contributed by atoms with E-state index in [0.717, 1.165) is 30.2 Å². The van der Waals surface area contributed by atoms with Gasteiger partial charge in [0.05, 0.1) is 24.1 Å². The Hall–Kier alpha value is -3.40. The van der Waals surface area contributed by atoms with Gasteiger partial charge in [-0.1, -0.05) is 43.2 Å². The highest BCUT2D eigenvalue weighted by atomic mass is 19.4. The molecule has 1 N–H and O–H groups in total. The molecule has 172 valence electrons. The summed E-state index contributed by atoms with van der Waals surface area (Å²) >= 11 is 0. The molecule has 1 fully saturated rings. The average molecular weight is 458 g/mol. The molecule has 0 aliphatic heterocycles. The summed E-state index contributed by atoms with van der Waals surface area (Å²) in [7, 11) is 1.43. The van der Waals surface area contributed by atoms with E-state index < -0.39 is 17.4 Å². The molecule has 0 unspecified atom stereocenters. The van der Waals surface area contributed by atoms with E-state index in [-0.39, 0.29) is 46.4 Å². The SMILES string of the molecule is COCc1[nH]c2c(-c3ccccc3)c(C(F)(F)F)nn2c(=O)c1-c1ncc(C2CCCC2)o1. The number of oxazole rings is 1. The topological polar surface area (TPSA) is 85.4 Å². The standard InChI is InChI=1S/C23H21F3N4O3/c1-32-12-15-18(21-27-11-16(33-21)13-7-5-6-8-13)22(31)30-20(28-15)17(14-9-3-2-4-10-14)19(29-30)23(24,25)26/h2-4,9-11,13,28H,5-8,12H2,1H3. The summed E-state index contributed by atoms with van der Waals surface area (Å²) < 4.78 is 53.6. The minimum atomic E-state index is -4.77. The molecule has 10 heteroatoms. The molecule has 3 heterocycles. The smallest absolute Gasteiger partial charge is 0.435 e. The summed E-state index contributed by atoms with van der Waals surface area (Å²) in [5.74, 6) is 0.940. The maximum absolute atomic E-state index is 13.9. The Kier molecular flexibility index (Phi) is 5.32. The van der Waals surface area contributed by atoms with Crippen LogP contribution in [0.5, 0.6) is 0 Å². The molecule has 0 spiro atoms. The van der Waals surface area contributed by atoms with Crippen LogP contribution in [-0.4, -0.2) is 26.7 Å². The Morgan fingerprint density at radius 2 is 1.91 bits per heavy atom. The van der Waals surface area contributed by atoms with Gasteiger partial charge in [-0.2, -0.15) is 22.8 Å². The van der Waals surface area contributed by atoms with Gasteiger partial charge in [0, 0.05) is 13.0 Å². The fourth-order valence-corrected chi connectivity index (χ4v) is 4.47. The maximum Gasteiger partial charge on any atom is 0.435 e. The lowest BCUT2D eigenvalue weighted by Gasteiger charge is -2.09. The summed E-state index contributed by atoms with van der Waals surface area (Å²) in [5, 5.41) is 3.67. The lowest BCUT2D eigenvalue weighted by molar-refractivity contribution is -0.140. The monoisotopic (exact) mass is 458 g/mol. The predicted molar refractivity (Wildman–Crippen MR) is 114 cm³/mol. The molecule has 0 bridgehead atoms. The van der Waals surface area contributed by atoms with Crippen molar-refractivity contribution in [1.29, 1.82) is 0 Å². The quantitative estimate of drug-likeness (QED) is 0.446. The molecule has 5 rings (SSSR count). The summed E-state index contributed by atoms with van der Waals surface area (Å²) in [6.45, 7) is -0.0526. The zero-order valence-electron chi connectivity index (χ0n) is 17.8. The van der Waals surface area contributed by atoms with Crippen molar-refractivity contribution in [2.75, 3.05) is 7.11 Å². The first kappa shape index (κ1) is 21.4. The van der Waals surface area contributed by atoms with E-state index >= 15 is 0 Å². The van der Waals surface area contributed by atoms with E-state index in [0.29, 0.717) is 5.76 Å². The molecule has 1 aromatic carbocycles. The summed E-state index contributed by atoms with van der Waals surface area (Å²) in [5.41, 5.74) is -1.64. The molecule has 1 aliphatic rings. The highest BCUT2D eigenvalue weighted by Gasteiger charge is 2.39. The lowest BCUT2D eigenvalue weighted by atomic mass is 10.1. The van der Waals surface area contributed by atoms with Crippen molar-refractivity contribution in [3.63, 3.8) is 0 Å². The number of benzene rings is 1. The largest absolute Gasteiger partial charge is 0.441 e. The first-order valence-electron chi connectivity index (χ1n) is 10.6. The molecule has 0 saturated heterocycles. The zero-order chi connectivity index (χ0) is 23.2. The van der Waals surface area contributed by atoms with E-state index in [1.165, 1.54) is 19.2 Å². The first-order chi connectivity index (χ1) is 15.9. The summed E-state index contributed by atoms with van der Waals surface area (Å²) in [4.78, 5) is 20.7. The molecule has 4 aromatic rings. The highest BCUT2D eigenvalue weighted by Crippen LogP contribution is 2.39. The summed E-state index contributed by atoms with van der Waals surface area (Å²) in [6, 6.07) is 8.02. The first-order valence-corrected chi connectivity index (χ1v) is 10.6. The van der Waals surface area contributed by atoms with Crippen LogP contribution in [0.3, 0.4) is 0 Å². The van der Waals surface area contributed by atoms with Gasteiger partial charge < -0.3 is 14.1 Å². The van der Waals surface area contributed by atoms with Crippen LogP contribution in [0.15, 0.2) is 45.7 Å². The third-order valence-electron chi connectivity index (χ3n) is 5.98. The second kappa shape index (κ2) is 8.18. The molecule has 3 aromatic heterocycles. The Balaban J connectivity index is 1.76. The van der Waals surface area contributed by atoms with Crippen LogP contribution in [0, 0.1) is 0 Å². The number of rotatable bonds is 5. The van der Waals surface area contributed by atoms with Crippen LogP contribution >= 0.6 is 0 Å². The molecule has 0 atom stereocenters. The molecular formula is C23H21F3N4O3. The van der Waals surface area contributed by atoms with E-state index in [9.17, 15) is 18.0 Å². The fourth-order valence-electron chi connectivity index (χ4n) is 4.47. The summed E-state index contributed by atoms with van der Waals surface area (Å²) in [6.07, 6.45) is 0.964. The van der Waals surface area contributed by atoms with Crippen molar-refractivity contribution in [2.24, 2.45) is 0 Å². The Labute approximate surface area is 186 Å². The van der Waals surface area contributed by atoms with Gasteiger partial charge in [-0.25, -0.2) is 4.98 Å². The second-order valence-electron chi connectivity index (χ2n) is 8.11. The van der Waals surface area contributed by atoms with Crippen LogP contribution in [0.1, 0.15) is 48.7 Å². The van der Waals surface area contributed by atoms with Crippen molar-refractivity contribution in [3.05, 3.63) is 64.0 Å². The van der Waals surface area contributed by atoms with Gasteiger partial charge >= 0.3 is 6.18 Å². The molecule has 7 nitrogen and oxygen atoms in total. The molecular weight excluding hydrogens is 437 g/mol. The van der Waals surface area contributed by atoms with E-state index in [2.05, 4.69) is 15.1 Å². The van der Waals surface area contributed by atoms with Gasteiger partial charge in [0.15, 0.2) is 5.69 Å². The molecule has 1 aliphatic carbocycles. The minimum Gasteiger partial charge on any atom is -0.441 e. The number of methoxy groups -OCH3 is 1. The van der Waals surface area contributed by atoms with E-state index in [1.54, 1.807) is 24.4 Å². The van der Waals surface area contributed by atoms with Crippen LogP contribution in [0.4, 0.5) is 13.2 Å². The Morgan fingerprint density at radius 3 is 2.58 bits per heavy atom. The lowest BCUT2D eigenvalue weighted by Crippen LogP contribution is -2.21. The number of nitrogens with one attached hydrogen (secondary N) is 1. The maximum atomic E-state index is 13.9. The third kappa shape index (κ3) is 3.74. The van der Waals surface area contributed by atoms with Gasteiger partial charge in [-0.05, 0) is 18.4 Å². The Morgan fingerprint density at radius 1 is 1.18 bits per heavy atom. The Bertz CT molecular complexity index is 1350. The number of fused-ring (bicyclic) bond motifs is 1. The van der Waals surface area contributed by atoms with Crippen LogP contribution < -0.4 is 5.56 Å². The fraction of sp³-hybridized carbons (Fsp3) is 0.348. The van der Waals surface area contributed by atoms with Crippen molar-refractivity contribution >= 4 is 5.65 Å². The second-order valence-corrected chi connectivity index (χ2v) is 8.11. The highest BCUT2D eigenvalue weighted by molar-refractivity contribution is 5.81. The van der Waals surface area contributed by atoms with Crippen LogP contribution in [0.2, 0.25) is 0 Å². The third-order valence-corrected chi connectivity index (χ3v) is 5.98. The number of aromatic nitrogens is 4. The number of alkyl halides is 3. The van der Waals surface area contributed by atoms with E-state index in [4.69, 9.17) is 9.15 Å². The van der Waals surface area contributed by atoms with Gasteiger partial charge in [0.2, 0.25) is 5.89 Å². The number of hydrogen-bond donors (Lipinski definition) is 1. The number of nitrogens with zero attached hydrogens (tertiary/aromatic N) is 3. The number of ether oxygens (including phenoxy) is 1. The van der Waals surface area contributed by atoms with Crippen molar-refractivity contribution < 1.29 is 22.3 Å². The minimum absolute atomic E-state index is 0.00410. The van der Waals surface area contributed by atoms with Crippen LogP contribution in [0.25, 0.3) is 28.2 Å². The number of halogens is 3. The number of hydrogen-bond acceptors (Lipinski definition) is 5. The van der Waals surface area contributed by atoms with Gasteiger partial charge in [0.1, 0.15) is 17.0 Å². The number of aromatic amines is 1. The van der Waals surface area contributed by atoms with Crippen molar-refractivity contribution in [1.82, 2.24) is 19.6 Å². The predicted octanol–water partition coefficient (Wildman–Crippen LogP) is 5.17. The van der Waals surface area contributed by atoms with Gasteiger partial charge in [-0.15, -0.1) is 0 Å². The van der Waals surface area contributed by atoms with Crippen molar-refractivity contribution in [3.8, 4) is 22.6 Å². The number of H-pyrrole nitrogens is 1. The van der Waals surface area contributed by atoms with Gasteiger partial charge in [0.25, 0.3) is 5.56 Å². The van der Waals surface area contributed by atoms with Crippen LogP contribution in [-0.2, 0) is 17.5 Å². The normalized spacial score (nSPS) is 15.0. The zero-order valence-corrected chi connectivity index (χ0v) is 17.8. The molecule has 33 heavy (non-hydrogen) atoms. The van der Waals surface area contributed by atoms with Gasteiger partial charge in [-0.3, -0.25) is 4.79 Å². The molecule has 0 radical (unpaired) electrons. The average Bonchev–Trinajstić information content (AvgIpc) is 3.53. The molecule has 1 saturated carbocycles. The molecule has 0 amide bonds. The van der Waals surface area contributed by atoms with Crippen molar-refractivity contribution in [2.45, 2.75) is 44.4 Å².